The molecule has 1 aromatic heterocycles. The molecule has 3 fully saturated rings. The summed E-state index contributed by atoms with van der Waals surface area (Å²) in [7, 11) is 0. The summed E-state index contributed by atoms with van der Waals surface area (Å²) < 4.78 is 11.2. The first-order valence-electron chi connectivity index (χ1n) is 10.8. The van der Waals surface area contributed by atoms with Crippen molar-refractivity contribution in [3.05, 3.63) is 6.07 Å². The first-order chi connectivity index (χ1) is 14.2. The molecule has 0 unspecified atom stereocenters. The van der Waals surface area contributed by atoms with Gasteiger partial charge in [-0.3, -0.25) is 0 Å². The molecular formula is C20H32N6O2S. The van der Waals surface area contributed by atoms with Gasteiger partial charge in [0.1, 0.15) is 11.6 Å². The van der Waals surface area contributed by atoms with Crippen LogP contribution < -0.4 is 20.4 Å². The zero-order valence-electron chi connectivity index (χ0n) is 17.2. The maximum atomic E-state index is 5.65. The summed E-state index contributed by atoms with van der Waals surface area (Å²) in [6.45, 7) is 9.06. The number of piperidine rings is 1. The number of nitrogens with zero attached hydrogens (tertiary/aromatic N) is 4. The second kappa shape index (κ2) is 9.86. The molecule has 0 radical (unpaired) electrons. The van der Waals surface area contributed by atoms with Gasteiger partial charge in [-0.15, -0.1) is 0 Å². The Balaban J connectivity index is 1.48. The van der Waals surface area contributed by atoms with Crippen molar-refractivity contribution in [1.29, 1.82) is 0 Å². The number of thiocarbonyl (C=S) groups is 1. The van der Waals surface area contributed by atoms with Gasteiger partial charge in [0, 0.05) is 45.4 Å². The van der Waals surface area contributed by atoms with E-state index >= 15 is 0 Å². The molecule has 0 bridgehead atoms. The van der Waals surface area contributed by atoms with Gasteiger partial charge in [0.15, 0.2) is 5.11 Å². The van der Waals surface area contributed by atoms with Gasteiger partial charge in [-0.1, -0.05) is 6.92 Å². The molecule has 0 aliphatic carbocycles. The van der Waals surface area contributed by atoms with Gasteiger partial charge in [-0.2, -0.15) is 9.97 Å². The molecule has 4 heterocycles. The summed E-state index contributed by atoms with van der Waals surface area (Å²) in [6, 6.07) is 2.11. The zero-order valence-corrected chi connectivity index (χ0v) is 18.0. The van der Waals surface area contributed by atoms with Crippen LogP contribution in [0.1, 0.15) is 32.6 Å². The van der Waals surface area contributed by atoms with Crippen molar-refractivity contribution in [3.63, 3.8) is 0 Å². The molecule has 3 saturated heterocycles. The van der Waals surface area contributed by atoms with Crippen LogP contribution in [0.3, 0.4) is 0 Å². The van der Waals surface area contributed by atoms with Gasteiger partial charge >= 0.3 is 0 Å². The topological polar surface area (TPSA) is 74.8 Å². The second-order valence-electron chi connectivity index (χ2n) is 8.17. The molecular weight excluding hydrogens is 388 g/mol. The molecule has 0 spiro atoms. The Morgan fingerprint density at radius 3 is 2.62 bits per heavy atom. The third-order valence-corrected chi connectivity index (χ3v) is 6.00. The van der Waals surface area contributed by atoms with E-state index in [2.05, 4.69) is 33.4 Å². The number of hydrogen-bond acceptors (Lipinski definition) is 7. The van der Waals surface area contributed by atoms with Gasteiger partial charge in [-0.05, 0) is 43.8 Å². The van der Waals surface area contributed by atoms with Crippen molar-refractivity contribution >= 4 is 34.9 Å². The maximum Gasteiger partial charge on any atom is 0.232 e. The minimum absolute atomic E-state index is 0.237. The quantitative estimate of drug-likeness (QED) is 0.696. The molecule has 0 amide bonds. The lowest BCUT2D eigenvalue weighted by Crippen LogP contribution is -2.39. The first kappa shape index (κ1) is 20.6. The number of anilines is 3. The van der Waals surface area contributed by atoms with Crippen molar-refractivity contribution in [2.45, 2.75) is 38.7 Å². The van der Waals surface area contributed by atoms with Crippen LogP contribution >= 0.6 is 12.2 Å². The summed E-state index contributed by atoms with van der Waals surface area (Å²) in [5.74, 6) is 3.13. The monoisotopic (exact) mass is 420 g/mol. The minimum atomic E-state index is 0.237. The Morgan fingerprint density at radius 1 is 1.10 bits per heavy atom. The minimum Gasteiger partial charge on any atom is -0.378 e. The molecule has 4 rings (SSSR count). The highest BCUT2D eigenvalue weighted by atomic mass is 32.1. The smallest absolute Gasteiger partial charge is 0.232 e. The Morgan fingerprint density at radius 2 is 1.90 bits per heavy atom. The van der Waals surface area contributed by atoms with E-state index in [1.807, 2.05) is 0 Å². The molecule has 3 aliphatic heterocycles. The molecule has 9 heteroatoms. The third-order valence-electron chi connectivity index (χ3n) is 5.75. The molecule has 8 nitrogen and oxygen atoms in total. The lowest BCUT2D eigenvalue weighted by atomic mass is 10.0. The fourth-order valence-electron chi connectivity index (χ4n) is 4.15. The van der Waals surface area contributed by atoms with E-state index < -0.39 is 0 Å². The Bertz CT molecular complexity index is 694. The van der Waals surface area contributed by atoms with Gasteiger partial charge < -0.3 is 29.9 Å². The van der Waals surface area contributed by atoms with Crippen LogP contribution in [-0.2, 0) is 9.47 Å². The van der Waals surface area contributed by atoms with Gasteiger partial charge in [0.25, 0.3) is 0 Å². The molecule has 3 aliphatic rings. The van der Waals surface area contributed by atoms with Gasteiger partial charge in [-0.25, -0.2) is 0 Å². The SMILES string of the molecule is C[C@@H]1CCCN(c2cc(N3CCOCC3)nc(NC(=S)NC[C@H]3CCCO3)n2)C1. The van der Waals surface area contributed by atoms with Crippen molar-refractivity contribution in [1.82, 2.24) is 15.3 Å². The normalized spacial score (nSPS) is 25.1. The maximum absolute atomic E-state index is 5.65. The van der Waals surface area contributed by atoms with Crippen LogP contribution in [0.4, 0.5) is 17.6 Å². The fourth-order valence-corrected chi connectivity index (χ4v) is 4.32. The fraction of sp³-hybridized carbons (Fsp3) is 0.750. The largest absolute Gasteiger partial charge is 0.378 e. The van der Waals surface area contributed by atoms with Crippen LogP contribution in [0.2, 0.25) is 0 Å². The van der Waals surface area contributed by atoms with Crippen LogP contribution in [0.25, 0.3) is 0 Å². The third kappa shape index (κ3) is 5.67. The highest BCUT2D eigenvalue weighted by Crippen LogP contribution is 2.26. The first-order valence-corrected chi connectivity index (χ1v) is 11.2. The highest BCUT2D eigenvalue weighted by Gasteiger charge is 2.22. The molecule has 2 N–H and O–H groups in total. The number of morpholine rings is 1. The number of hydrogen-bond donors (Lipinski definition) is 2. The molecule has 0 saturated carbocycles. The molecule has 0 aromatic carbocycles. The van der Waals surface area contributed by atoms with E-state index in [9.17, 15) is 0 Å². The lowest BCUT2D eigenvalue weighted by molar-refractivity contribution is 0.114. The summed E-state index contributed by atoms with van der Waals surface area (Å²) >= 11 is 5.48. The van der Waals surface area contributed by atoms with E-state index in [0.29, 0.717) is 23.5 Å². The van der Waals surface area contributed by atoms with E-state index in [4.69, 9.17) is 31.7 Å². The predicted octanol–water partition coefficient (Wildman–Crippen LogP) is 2.01. The second-order valence-corrected chi connectivity index (χ2v) is 8.58. The van der Waals surface area contributed by atoms with E-state index in [1.54, 1.807) is 0 Å². The summed E-state index contributed by atoms with van der Waals surface area (Å²) in [5, 5.41) is 6.98. The Kier molecular flexibility index (Phi) is 6.99. The number of aromatic nitrogens is 2. The van der Waals surface area contributed by atoms with Crippen molar-refractivity contribution < 1.29 is 9.47 Å². The predicted molar refractivity (Wildman–Crippen MR) is 119 cm³/mol. The number of ether oxygens (including phenoxy) is 2. The van der Waals surface area contributed by atoms with Crippen LogP contribution in [-0.4, -0.2) is 73.7 Å². The summed E-state index contributed by atoms with van der Waals surface area (Å²) in [5.41, 5.74) is 0. The van der Waals surface area contributed by atoms with Crippen molar-refractivity contribution in [3.8, 4) is 0 Å². The molecule has 29 heavy (non-hydrogen) atoms. The lowest BCUT2D eigenvalue weighted by Gasteiger charge is -2.33. The molecule has 160 valence electrons. The Labute approximate surface area is 178 Å². The van der Waals surface area contributed by atoms with E-state index in [-0.39, 0.29) is 6.10 Å². The van der Waals surface area contributed by atoms with Crippen LogP contribution in [0, 0.1) is 5.92 Å². The van der Waals surface area contributed by atoms with Crippen molar-refractivity contribution in [2.24, 2.45) is 5.92 Å². The number of nitrogens with one attached hydrogen (secondary N) is 2. The average Bonchev–Trinajstić information content (AvgIpc) is 3.26. The van der Waals surface area contributed by atoms with E-state index in [0.717, 1.165) is 70.5 Å². The van der Waals surface area contributed by atoms with Crippen molar-refractivity contribution in [2.75, 3.05) is 67.7 Å². The van der Waals surface area contributed by atoms with E-state index in [1.165, 1.54) is 12.8 Å². The standard InChI is InChI=1S/C20H32N6O2S/c1-15-4-2-6-26(14-15)18-12-17(25-7-10-27-11-8-25)22-19(23-18)24-20(29)21-13-16-5-3-9-28-16/h12,15-16H,2-11,13-14H2,1H3,(H2,21,22,23,24,29)/t15-,16-/m1/s1. The highest BCUT2D eigenvalue weighted by molar-refractivity contribution is 7.80. The number of rotatable bonds is 5. The Hall–Kier alpha value is -1.71. The summed E-state index contributed by atoms with van der Waals surface area (Å²) in [4.78, 5) is 14.2. The average molecular weight is 421 g/mol. The zero-order chi connectivity index (χ0) is 20.1. The van der Waals surface area contributed by atoms with Gasteiger partial charge in [0.05, 0.1) is 19.3 Å². The van der Waals surface area contributed by atoms with Crippen LogP contribution in [0.15, 0.2) is 6.07 Å². The van der Waals surface area contributed by atoms with Crippen LogP contribution in [0.5, 0.6) is 0 Å². The molecule has 2 atom stereocenters. The summed E-state index contributed by atoms with van der Waals surface area (Å²) in [6.07, 6.45) is 4.91. The van der Waals surface area contributed by atoms with Gasteiger partial charge in [0.2, 0.25) is 5.95 Å². The molecule has 1 aromatic rings.